The summed E-state index contributed by atoms with van der Waals surface area (Å²) >= 11 is 0. The third-order valence-electron chi connectivity index (χ3n) is 5.08. The summed E-state index contributed by atoms with van der Waals surface area (Å²) in [6.45, 7) is 1.00. The Balaban J connectivity index is 1.65. The summed E-state index contributed by atoms with van der Waals surface area (Å²) in [5.41, 5.74) is 2.47. The first-order valence-corrected chi connectivity index (χ1v) is 11.0. The SMILES string of the molecule is CS(=O)(=O)N1CCC(Nc2cc(-c3cncc(F)c3)cc3ccncc23)CC1. The van der Waals surface area contributed by atoms with E-state index < -0.39 is 10.0 Å². The van der Waals surface area contributed by atoms with E-state index in [1.165, 1.54) is 22.8 Å². The summed E-state index contributed by atoms with van der Waals surface area (Å²) in [4.78, 5) is 8.17. The number of pyridine rings is 2. The van der Waals surface area contributed by atoms with E-state index >= 15 is 0 Å². The first-order valence-electron chi connectivity index (χ1n) is 9.10. The van der Waals surface area contributed by atoms with Crippen molar-refractivity contribution in [2.45, 2.75) is 18.9 Å². The van der Waals surface area contributed by atoms with Crippen molar-refractivity contribution < 1.29 is 12.8 Å². The summed E-state index contributed by atoms with van der Waals surface area (Å²) in [7, 11) is -3.15. The van der Waals surface area contributed by atoms with Crippen LogP contribution >= 0.6 is 0 Å². The van der Waals surface area contributed by atoms with Gasteiger partial charge in [0.25, 0.3) is 0 Å². The van der Waals surface area contributed by atoms with Crippen molar-refractivity contribution in [2.24, 2.45) is 0 Å². The quantitative estimate of drug-likeness (QED) is 0.728. The number of hydrogen-bond donors (Lipinski definition) is 1. The van der Waals surface area contributed by atoms with Crippen molar-refractivity contribution in [3.63, 3.8) is 0 Å². The van der Waals surface area contributed by atoms with E-state index in [1.54, 1.807) is 18.6 Å². The maximum absolute atomic E-state index is 13.6. The van der Waals surface area contributed by atoms with E-state index in [-0.39, 0.29) is 11.9 Å². The minimum Gasteiger partial charge on any atom is -0.382 e. The predicted octanol–water partition coefficient (Wildman–Crippen LogP) is 3.27. The first-order chi connectivity index (χ1) is 13.4. The Hall–Kier alpha value is -2.58. The Morgan fingerprint density at radius 3 is 2.57 bits per heavy atom. The molecule has 146 valence electrons. The molecule has 1 aliphatic heterocycles. The summed E-state index contributed by atoms with van der Waals surface area (Å²) in [5.74, 6) is -0.380. The number of halogens is 1. The lowest BCUT2D eigenvalue weighted by Gasteiger charge is -2.31. The van der Waals surface area contributed by atoms with Gasteiger partial charge < -0.3 is 5.32 Å². The maximum atomic E-state index is 13.6. The van der Waals surface area contributed by atoms with Crippen LogP contribution in [0.2, 0.25) is 0 Å². The Morgan fingerprint density at radius 1 is 1.07 bits per heavy atom. The molecule has 1 aliphatic rings. The lowest BCUT2D eigenvalue weighted by molar-refractivity contribution is 0.332. The molecule has 6 nitrogen and oxygen atoms in total. The van der Waals surface area contributed by atoms with Gasteiger partial charge in [-0.1, -0.05) is 0 Å². The van der Waals surface area contributed by atoms with E-state index in [9.17, 15) is 12.8 Å². The number of nitrogens with zero attached hydrogens (tertiary/aromatic N) is 3. The van der Waals surface area contributed by atoms with Crippen LogP contribution in [0.1, 0.15) is 12.8 Å². The summed E-state index contributed by atoms with van der Waals surface area (Å²) in [5, 5.41) is 5.51. The molecule has 4 rings (SSSR count). The zero-order chi connectivity index (χ0) is 19.7. The van der Waals surface area contributed by atoms with Crippen LogP contribution in [-0.4, -0.2) is 48.1 Å². The third kappa shape index (κ3) is 3.98. The van der Waals surface area contributed by atoms with Gasteiger partial charge in [-0.25, -0.2) is 17.1 Å². The highest BCUT2D eigenvalue weighted by Crippen LogP contribution is 2.32. The summed E-state index contributed by atoms with van der Waals surface area (Å²) in [6, 6.07) is 7.50. The molecular formula is C20H21FN4O2S. The number of rotatable bonds is 4. The Morgan fingerprint density at radius 2 is 1.86 bits per heavy atom. The molecule has 1 aromatic carbocycles. The van der Waals surface area contributed by atoms with E-state index in [0.29, 0.717) is 18.7 Å². The van der Waals surface area contributed by atoms with Gasteiger partial charge in [0, 0.05) is 54.4 Å². The van der Waals surface area contributed by atoms with Gasteiger partial charge in [0.1, 0.15) is 5.82 Å². The number of anilines is 1. The zero-order valence-electron chi connectivity index (χ0n) is 15.5. The van der Waals surface area contributed by atoms with Crippen molar-refractivity contribution >= 4 is 26.5 Å². The monoisotopic (exact) mass is 400 g/mol. The van der Waals surface area contributed by atoms with Crippen LogP contribution in [0, 0.1) is 5.82 Å². The number of nitrogens with one attached hydrogen (secondary N) is 1. The van der Waals surface area contributed by atoms with Gasteiger partial charge in [0.15, 0.2) is 0 Å². The molecule has 28 heavy (non-hydrogen) atoms. The molecule has 0 bridgehead atoms. The Labute approximate surface area is 163 Å². The Kier molecular flexibility index (Phi) is 4.99. The molecule has 0 aliphatic carbocycles. The molecule has 0 amide bonds. The number of piperidine rings is 1. The standard InChI is InChI=1S/C20H21FN4O2S/c1-28(26,27)25-6-3-18(4-7-25)24-20-10-15(16-9-17(21)12-23-11-16)8-14-2-5-22-13-19(14)20/h2,5,8-13,18,24H,3-4,6-7H2,1H3. The average Bonchev–Trinajstić information content (AvgIpc) is 2.67. The van der Waals surface area contributed by atoms with E-state index in [2.05, 4.69) is 15.3 Å². The molecule has 3 aromatic rings. The predicted molar refractivity (Wildman–Crippen MR) is 108 cm³/mol. The van der Waals surface area contributed by atoms with Gasteiger partial charge in [-0.2, -0.15) is 0 Å². The van der Waals surface area contributed by atoms with Gasteiger partial charge >= 0.3 is 0 Å². The molecule has 8 heteroatoms. The second kappa shape index (κ2) is 7.44. The van der Waals surface area contributed by atoms with Crippen LogP contribution in [-0.2, 0) is 10.0 Å². The van der Waals surface area contributed by atoms with Crippen molar-refractivity contribution in [1.82, 2.24) is 14.3 Å². The lowest BCUT2D eigenvalue weighted by Crippen LogP contribution is -2.41. The van der Waals surface area contributed by atoms with Gasteiger partial charge in [-0.3, -0.25) is 9.97 Å². The van der Waals surface area contributed by atoms with E-state index in [0.717, 1.165) is 34.9 Å². The van der Waals surface area contributed by atoms with Crippen LogP contribution in [0.5, 0.6) is 0 Å². The molecule has 2 aromatic heterocycles. The van der Waals surface area contributed by atoms with Gasteiger partial charge in [-0.05, 0) is 48.1 Å². The number of aromatic nitrogens is 2. The topological polar surface area (TPSA) is 75.2 Å². The fourth-order valence-corrected chi connectivity index (χ4v) is 4.48. The Bertz CT molecular complexity index is 1110. The number of benzene rings is 1. The van der Waals surface area contributed by atoms with Crippen molar-refractivity contribution in [3.05, 3.63) is 54.9 Å². The molecular weight excluding hydrogens is 379 g/mol. The minimum atomic E-state index is -3.15. The number of sulfonamides is 1. The second-order valence-electron chi connectivity index (χ2n) is 7.09. The highest BCUT2D eigenvalue weighted by molar-refractivity contribution is 7.88. The zero-order valence-corrected chi connectivity index (χ0v) is 16.3. The van der Waals surface area contributed by atoms with Crippen LogP contribution in [0.25, 0.3) is 21.9 Å². The molecule has 0 saturated carbocycles. The number of hydrogen-bond acceptors (Lipinski definition) is 5. The molecule has 1 saturated heterocycles. The molecule has 3 heterocycles. The molecule has 0 spiro atoms. The van der Waals surface area contributed by atoms with Gasteiger partial charge in [-0.15, -0.1) is 0 Å². The van der Waals surface area contributed by atoms with Crippen molar-refractivity contribution in [2.75, 3.05) is 24.7 Å². The van der Waals surface area contributed by atoms with Crippen LogP contribution in [0.15, 0.2) is 49.1 Å². The largest absolute Gasteiger partial charge is 0.382 e. The molecule has 1 N–H and O–H groups in total. The second-order valence-corrected chi connectivity index (χ2v) is 9.08. The molecule has 1 fully saturated rings. The van der Waals surface area contributed by atoms with E-state index in [1.807, 2.05) is 18.2 Å². The van der Waals surface area contributed by atoms with Gasteiger partial charge in [0.2, 0.25) is 10.0 Å². The van der Waals surface area contributed by atoms with Crippen molar-refractivity contribution in [1.29, 1.82) is 0 Å². The van der Waals surface area contributed by atoms with Crippen LogP contribution in [0.3, 0.4) is 0 Å². The third-order valence-corrected chi connectivity index (χ3v) is 6.38. The normalized spacial score (nSPS) is 16.4. The van der Waals surface area contributed by atoms with Gasteiger partial charge in [0.05, 0.1) is 12.5 Å². The van der Waals surface area contributed by atoms with Crippen LogP contribution in [0.4, 0.5) is 10.1 Å². The van der Waals surface area contributed by atoms with Crippen molar-refractivity contribution in [3.8, 4) is 11.1 Å². The summed E-state index contributed by atoms with van der Waals surface area (Å²) < 4.78 is 38.6. The fraction of sp³-hybridized carbons (Fsp3) is 0.300. The lowest BCUT2D eigenvalue weighted by atomic mass is 10.00. The molecule has 0 radical (unpaired) electrons. The minimum absolute atomic E-state index is 0.155. The average molecular weight is 400 g/mol. The highest BCUT2D eigenvalue weighted by atomic mass is 32.2. The van der Waals surface area contributed by atoms with E-state index in [4.69, 9.17) is 0 Å². The maximum Gasteiger partial charge on any atom is 0.211 e. The first kappa shape index (κ1) is 18.8. The fourth-order valence-electron chi connectivity index (χ4n) is 3.61. The highest BCUT2D eigenvalue weighted by Gasteiger charge is 2.25. The number of fused-ring (bicyclic) bond motifs is 1. The smallest absolute Gasteiger partial charge is 0.211 e. The molecule has 0 unspecified atom stereocenters. The molecule has 0 atom stereocenters. The summed E-state index contributed by atoms with van der Waals surface area (Å²) in [6.07, 6.45) is 9.04. The van der Waals surface area contributed by atoms with Crippen LogP contribution < -0.4 is 5.32 Å².